The highest BCUT2D eigenvalue weighted by Gasteiger charge is 2.13. The number of hydrogen-bond acceptors (Lipinski definition) is 1. The molecule has 0 heterocycles. The van der Waals surface area contributed by atoms with Crippen molar-refractivity contribution in [1.82, 2.24) is 5.32 Å². The van der Waals surface area contributed by atoms with Crippen LogP contribution in [0.1, 0.15) is 31.1 Å². The van der Waals surface area contributed by atoms with Crippen LogP contribution >= 0.6 is 31.9 Å². The summed E-state index contributed by atoms with van der Waals surface area (Å²) in [6.07, 6.45) is 0. The van der Waals surface area contributed by atoms with Gasteiger partial charge < -0.3 is 5.32 Å². The molecule has 2 nitrogen and oxygen atoms in total. The van der Waals surface area contributed by atoms with Gasteiger partial charge in [-0.25, -0.2) is 0 Å². The average molecular weight is 349 g/mol. The van der Waals surface area contributed by atoms with Gasteiger partial charge in [-0.3, -0.25) is 4.79 Å². The molecular formula is C12H15Br2NO. The van der Waals surface area contributed by atoms with Crippen LogP contribution in [0.15, 0.2) is 27.1 Å². The van der Waals surface area contributed by atoms with E-state index >= 15 is 0 Å². The number of halogens is 2. The molecule has 1 rings (SSSR count). The first-order chi connectivity index (χ1) is 7.40. The van der Waals surface area contributed by atoms with E-state index in [1.54, 1.807) is 0 Å². The van der Waals surface area contributed by atoms with E-state index in [4.69, 9.17) is 0 Å². The molecule has 0 saturated carbocycles. The van der Waals surface area contributed by atoms with Gasteiger partial charge in [0.25, 0.3) is 5.91 Å². The Hall–Kier alpha value is -0.350. The van der Waals surface area contributed by atoms with Crippen LogP contribution in [-0.4, -0.2) is 11.9 Å². The van der Waals surface area contributed by atoms with Crippen LogP contribution in [0.25, 0.3) is 0 Å². The highest BCUT2D eigenvalue weighted by atomic mass is 79.9. The van der Waals surface area contributed by atoms with E-state index in [0.29, 0.717) is 11.5 Å². The molecule has 1 amide bonds. The number of amides is 1. The Kier molecular flexibility index (Phi) is 4.99. The van der Waals surface area contributed by atoms with Crippen LogP contribution in [0.3, 0.4) is 0 Å². The van der Waals surface area contributed by atoms with Gasteiger partial charge in [0.05, 0.1) is 0 Å². The molecule has 16 heavy (non-hydrogen) atoms. The van der Waals surface area contributed by atoms with Crippen molar-refractivity contribution in [2.75, 3.05) is 0 Å². The fraction of sp³-hybridized carbons (Fsp3) is 0.417. The lowest BCUT2D eigenvalue weighted by atomic mass is 10.1. The zero-order valence-corrected chi connectivity index (χ0v) is 12.7. The molecule has 0 saturated heterocycles. The van der Waals surface area contributed by atoms with Crippen molar-refractivity contribution < 1.29 is 4.79 Å². The first kappa shape index (κ1) is 13.7. The van der Waals surface area contributed by atoms with Gasteiger partial charge in [0.1, 0.15) is 0 Å². The maximum atomic E-state index is 11.9. The summed E-state index contributed by atoms with van der Waals surface area (Å²) in [5.41, 5.74) is 0.661. The lowest BCUT2D eigenvalue weighted by Crippen LogP contribution is -2.36. The van der Waals surface area contributed by atoms with Gasteiger partial charge >= 0.3 is 0 Å². The molecule has 1 aromatic carbocycles. The Balaban J connectivity index is 2.80. The van der Waals surface area contributed by atoms with Crippen molar-refractivity contribution in [2.24, 2.45) is 5.92 Å². The van der Waals surface area contributed by atoms with Gasteiger partial charge in [0.15, 0.2) is 0 Å². The summed E-state index contributed by atoms with van der Waals surface area (Å²) in [6, 6.07) is 5.70. The van der Waals surface area contributed by atoms with Gasteiger partial charge in [-0.15, -0.1) is 0 Å². The molecule has 0 fully saturated rings. The molecule has 0 aliphatic rings. The normalized spacial score (nSPS) is 12.6. The Morgan fingerprint density at radius 3 is 2.06 bits per heavy atom. The largest absolute Gasteiger partial charge is 0.349 e. The molecule has 0 radical (unpaired) electrons. The summed E-state index contributed by atoms with van der Waals surface area (Å²) in [4.78, 5) is 11.9. The minimum atomic E-state index is -0.0387. The van der Waals surface area contributed by atoms with Crippen LogP contribution < -0.4 is 5.32 Å². The Bertz CT molecular complexity index is 370. The molecule has 0 aromatic heterocycles. The second-order valence-electron chi connectivity index (χ2n) is 4.16. The molecule has 88 valence electrons. The van der Waals surface area contributed by atoms with Gasteiger partial charge in [-0.05, 0) is 31.0 Å². The van der Waals surface area contributed by atoms with E-state index in [9.17, 15) is 4.79 Å². The van der Waals surface area contributed by atoms with Crippen molar-refractivity contribution in [3.63, 3.8) is 0 Å². The van der Waals surface area contributed by atoms with Crippen LogP contribution in [0.4, 0.5) is 0 Å². The third-order valence-corrected chi connectivity index (χ3v) is 3.40. The Labute approximate surface area is 113 Å². The maximum absolute atomic E-state index is 11.9. The van der Waals surface area contributed by atoms with E-state index in [2.05, 4.69) is 51.0 Å². The van der Waals surface area contributed by atoms with E-state index < -0.39 is 0 Å². The Morgan fingerprint density at radius 1 is 1.12 bits per heavy atom. The standard InChI is InChI=1S/C12H15Br2NO/c1-7(2)8(3)15-12(16)9-4-10(13)6-11(14)5-9/h4-8H,1-3H3,(H,15,16). The zero-order valence-electron chi connectivity index (χ0n) is 9.55. The van der Waals surface area contributed by atoms with Crippen LogP contribution in [0.2, 0.25) is 0 Å². The maximum Gasteiger partial charge on any atom is 0.251 e. The van der Waals surface area contributed by atoms with E-state index in [0.717, 1.165) is 8.95 Å². The fourth-order valence-electron chi connectivity index (χ4n) is 1.14. The van der Waals surface area contributed by atoms with Gasteiger partial charge in [0, 0.05) is 20.6 Å². The first-order valence-electron chi connectivity index (χ1n) is 5.17. The number of nitrogens with one attached hydrogen (secondary N) is 1. The lowest BCUT2D eigenvalue weighted by Gasteiger charge is -2.17. The summed E-state index contributed by atoms with van der Waals surface area (Å²) in [5.74, 6) is 0.391. The van der Waals surface area contributed by atoms with Gasteiger partial charge in [-0.1, -0.05) is 45.7 Å². The number of rotatable bonds is 3. The monoisotopic (exact) mass is 347 g/mol. The molecule has 1 atom stereocenters. The van der Waals surface area contributed by atoms with Gasteiger partial charge in [0.2, 0.25) is 0 Å². The third kappa shape index (κ3) is 3.91. The zero-order chi connectivity index (χ0) is 12.3. The predicted octanol–water partition coefficient (Wildman–Crippen LogP) is 3.99. The molecule has 0 aliphatic carbocycles. The van der Waals surface area contributed by atoms with Crippen molar-refractivity contribution in [1.29, 1.82) is 0 Å². The Morgan fingerprint density at radius 2 is 1.62 bits per heavy atom. The summed E-state index contributed by atoms with van der Waals surface area (Å²) < 4.78 is 1.79. The molecule has 0 aliphatic heterocycles. The molecule has 1 aromatic rings. The molecule has 0 spiro atoms. The average Bonchev–Trinajstić information content (AvgIpc) is 2.15. The number of benzene rings is 1. The molecule has 1 unspecified atom stereocenters. The summed E-state index contributed by atoms with van der Waals surface area (Å²) in [7, 11) is 0. The van der Waals surface area contributed by atoms with E-state index in [1.807, 2.05) is 25.1 Å². The van der Waals surface area contributed by atoms with Crippen molar-refractivity contribution in [3.05, 3.63) is 32.7 Å². The fourth-order valence-corrected chi connectivity index (χ4v) is 2.44. The summed E-state index contributed by atoms with van der Waals surface area (Å²) in [6.45, 7) is 6.18. The minimum absolute atomic E-state index is 0.0387. The van der Waals surface area contributed by atoms with Crippen molar-refractivity contribution in [3.8, 4) is 0 Å². The molecule has 4 heteroatoms. The number of carbonyl (C=O) groups is 1. The summed E-state index contributed by atoms with van der Waals surface area (Å²) in [5, 5.41) is 2.97. The quantitative estimate of drug-likeness (QED) is 0.879. The molecular weight excluding hydrogens is 334 g/mol. The molecule has 0 bridgehead atoms. The second-order valence-corrected chi connectivity index (χ2v) is 6.00. The van der Waals surface area contributed by atoms with E-state index in [1.165, 1.54) is 0 Å². The van der Waals surface area contributed by atoms with Crippen molar-refractivity contribution in [2.45, 2.75) is 26.8 Å². The minimum Gasteiger partial charge on any atom is -0.349 e. The lowest BCUT2D eigenvalue weighted by molar-refractivity contribution is 0.0930. The first-order valence-corrected chi connectivity index (χ1v) is 6.75. The second kappa shape index (κ2) is 5.82. The number of hydrogen-bond donors (Lipinski definition) is 1. The highest BCUT2D eigenvalue weighted by molar-refractivity contribution is 9.11. The predicted molar refractivity (Wildman–Crippen MR) is 73.6 cm³/mol. The molecule has 1 N–H and O–H groups in total. The van der Waals surface area contributed by atoms with Crippen molar-refractivity contribution >= 4 is 37.8 Å². The SMILES string of the molecule is CC(C)C(C)NC(=O)c1cc(Br)cc(Br)c1. The van der Waals surface area contributed by atoms with Gasteiger partial charge in [-0.2, -0.15) is 0 Å². The smallest absolute Gasteiger partial charge is 0.251 e. The van der Waals surface area contributed by atoms with E-state index in [-0.39, 0.29) is 11.9 Å². The topological polar surface area (TPSA) is 29.1 Å². The van der Waals surface area contributed by atoms with Crippen LogP contribution in [0.5, 0.6) is 0 Å². The van der Waals surface area contributed by atoms with Crippen LogP contribution in [-0.2, 0) is 0 Å². The number of carbonyl (C=O) groups excluding carboxylic acids is 1. The van der Waals surface area contributed by atoms with Crippen LogP contribution in [0, 0.1) is 5.92 Å². The third-order valence-electron chi connectivity index (χ3n) is 2.48. The summed E-state index contributed by atoms with van der Waals surface area (Å²) >= 11 is 6.73. The highest BCUT2D eigenvalue weighted by Crippen LogP contribution is 2.20.